The summed E-state index contributed by atoms with van der Waals surface area (Å²) >= 11 is 1.90. The fourth-order valence-electron chi connectivity index (χ4n) is 18.8. The molecule has 0 amide bonds. The van der Waals surface area contributed by atoms with Crippen LogP contribution in [-0.2, 0) is 5.41 Å². The molecular weight excluding hydrogens is 1460 g/mol. The van der Waals surface area contributed by atoms with Crippen LogP contribution in [-0.4, -0.2) is 9.13 Å². The Morgan fingerprint density at radius 3 is 1.27 bits per heavy atom. The Bertz CT molecular complexity index is 7910. The maximum absolute atomic E-state index is 6.32. The van der Waals surface area contributed by atoms with Crippen LogP contribution < -0.4 is 9.80 Å². The molecule has 24 rings (SSSR count). The van der Waals surface area contributed by atoms with E-state index < -0.39 is 0 Å². The highest BCUT2D eigenvalue weighted by Gasteiger charge is 2.36. The number of thiophene rings is 1. The minimum Gasteiger partial charge on any atom is -0.456 e. The number of fused-ring (bicyclic) bond motifs is 18. The van der Waals surface area contributed by atoms with Crippen LogP contribution in [0.15, 0.2) is 429 Å². The summed E-state index contributed by atoms with van der Waals surface area (Å²) in [6.45, 7) is 4.71. The van der Waals surface area contributed by atoms with Gasteiger partial charge in [0.1, 0.15) is 11.2 Å². The van der Waals surface area contributed by atoms with Crippen molar-refractivity contribution in [2.24, 2.45) is 0 Å². The summed E-state index contributed by atoms with van der Waals surface area (Å²) in [7, 11) is 0. The van der Waals surface area contributed by atoms with Gasteiger partial charge in [-0.15, -0.1) is 11.3 Å². The van der Waals surface area contributed by atoms with E-state index in [4.69, 9.17) is 4.42 Å². The number of hydrogen-bond donors (Lipinski definition) is 0. The first-order chi connectivity index (χ1) is 58.7. The van der Waals surface area contributed by atoms with Crippen molar-refractivity contribution in [3.63, 3.8) is 0 Å². The first-order valence-electron chi connectivity index (χ1n) is 40.9. The molecule has 0 spiro atoms. The second-order valence-electron chi connectivity index (χ2n) is 31.9. The zero-order valence-electron chi connectivity index (χ0n) is 65.5. The van der Waals surface area contributed by atoms with Gasteiger partial charge in [-0.05, 0) is 240 Å². The molecule has 560 valence electrons. The Morgan fingerprint density at radius 1 is 0.244 bits per heavy atom. The highest BCUT2D eigenvalue weighted by molar-refractivity contribution is 7.26. The topological polar surface area (TPSA) is 29.5 Å². The fourth-order valence-corrected chi connectivity index (χ4v) is 20.1. The van der Waals surface area contributed by atoms with Gasteiger partial charge in [0.15, 0.2) is 0 Å². The predicted octanol–water partition coefficient (Wildman–Crippen LogP) is 32.1. The van der Waals surface area contributed by atoms with Gasteiger partial charge in [-0.2, -0.15) is 0 Å². The molecule has 4 heterocycles. The van der Waals surface area contributed by atoms with E-state index >= 15 is 0 Å². The summed E-state index contributed by atoms with van der Waals surface area (Å²) in [6, 6.07) is 155. The van der Waals surface area contributed by atoms with E-state index in [2.05, 4.69) is 445 Å². The lowest BCUT2D eigenvalue weighted by molar-refractivity contribution is 0.660. The molecule has 0 saturated carbocycles. The second kappa shape index (κ2) is 28.1. The summed E-state index contributed by atoms with van der Waals surface area (Å²) in [4.78, 5) is 4.73. The van der Waals surface area contributed by atoms with Gasteiger partial charge in [-0.3, -0.25) is 0 Å². The minimum atomic E-state index is -0.108. The first kappa shape index (κ1) is 69.4. The molecule has 119 heavy (non-hydrogen) atoms. The Kier molecular flexibility index (Phi) is 16.4. The number of anilines is 6. The molecule has 1 aliphatic rings. The van der Waals surface area contributed by atoms with Crippen LogP contribution in [0.25, 0.3) is 174 Å². The molecule has 0 saturated heterocycles. The van der Waals surface area contributed by atoms with E-state index in [0.717, 1.165) is 67.4 Å². The van der Waals surface area contributed by atoms with Crippen LogP contribution in [0.3, 0.4) is 0 Å². The lowest BCUT2D eigenvalue weighted by atomic mass is 9.82. The van der Waals surface area contributed by atoms with Gasteiger partial charge in [0, 0.05) is 103 Å². The average molecular weight is 1540 g/mol. The van der Waals surface area contributed by atoms with Gasteiger partial charge in [0.25, 0.3) is 0 Å². The maximum Gasteiger partial charge on any atom is 0.136 e. The van der Waals surface area contributed by atoms with E-state index in [1.165, 1.54) is 152 Å². The van der Waals surface area contributed by atoms with Crippen molar-refractivity contribution in [2.75, 3.05) is 9.80 Å². The third-order valence-corrected chi connectivity index (χ3v) is 26.0. The monoisotopic (exact) mass is 1540 g/mol. The summed E-state index contributed by atoms with van der Waals surface area (Å²) in [5.41, 5.74) is 30.5. The Balaban J connectivity index is 0.000000141. The molecule has 0 N–H and O–H groups in total. The number of aromatic nitrogens is 2. The van der Waals surface area contributed by atoms with Crippen molar-refractivity contribution in [1.29, 1.82) is 0 Å². The standard InChI is InChI=1S/C61H42N2O.C52H34N2S/c1-61(2)55-16-8-5-13-49(55)50-34-33-48(36-56(50)61)62(46-29-25-42(26-30-46)44-20-19-39-11-3-4-12-43(39)35-44)45-27-21-40(22-28-45)41-23-31-47(32-24-41)63-57-17-9-6-14-51(57)53-38-60-54(37-58(53)63)52-15-7-10-18-59(52)64-60;1-2-12-41(13-3-1)53(43-28-24-38(25-29-43)40-19-18-35-10-4-5-11-39(35)34-40)42-26-20-36(21-27-42)37-22-30-44(31-23-37)54-48-16-8-6-15-47(48)51-49(54)33-32-46-45-14-7-9-17-50(45)55-52(46)51/h3-38H,1-2H3;1-34H. The van der Waals surface area contributed by atoms with Gasteiger partial charge >= 0.3 is 0 Å². The van der Waals surface area contributed by atoms with Crippen molar-refractivity contribution in [2.45, 2.75) is 19.3 Å². The largest absolute Gasteiger partial charge is 0.456 e. The molecule has 0 aliphatic heterocycles. The Labute approximate surface area is 693 Å². The fraction of sp³-hybridized carbons (Fsp3) is 0.0265. The number of hydrogen-bond acceptors (Lipinski definition) is 4. The summed E-state index contributed by atoms with van der Waals surface area (Å²) < 4.78 is 13.8. The highest BCUT2D eigenvalue weighted by Crippen LogP contribution is 2.52. The zero-order chi connectivity index (χ0) is 78.8. The number of rotatable bonds is 12. The van der Waals surface area contributed by atoms with Crippen LogP contribution >= 0.6 is 11.3 Å². The first-order valence-corrected chi connectivity index (χ1v) is 41.7. The van der Waals surface area contributed by atoms with Crippen LogP contribution in [0.4, 0.5) is 34.1 Å². The number of para-hydroxylation sites is 4. The smallest absolute Gasteiger partial charge is 0.136 e. The molecule has 1 aliphatic carbocycles. The SMILES string of the molecule is CC1(C)c2ccccc2-c2ccc(N(c3ccc(-c4ccc(-n5c6ccccc6c6cc7oc8ccccc8c7cc65)cc4)cc3)c3ccc(-c4ccc5ccccc5c4)cc3)cc21.c1ccc(N(c2ccc(-c3ccc(-n4c5ccccc5c5c6sc7ccccc7c6ccc54)cc3)cc2)c2ccc(-c3ccc4ccccc4c3)cc2)cc1. The Hall–Kier alpha value is -15.1. The quantitative estimate of drug-likeness (QED) is 0.122. The summed E-state index contributed by atoms with van der Waals surface area (Å²) in [6.07, 6.45) is 0. The van der Waals surface area contributed by atoms with Crippen molar-refractivity contribution in [1.82, 2.24) is 9.13 Å². The van der Waals surface area contributed by atoms with Gasteiger partial charge in [0.05, 0.1) is 22.1 Å². The molecule has 0 radical (unpaired) electrons. The van der Waals surface area contributed by atoms with Gasteiger partial charge < -0.3 is 23.4 Å². The van der Waals surface area contributed by atoms with Crippen molar-refractivity contribution in [3.05, 3.63) is 436 Å². The zero-order valence-corrected chi connectivity index (χ0v) is 66.3. The second-order valence-corrected chi connectivity index (χ2v) is 33.0. The molecule has 5 nitrogen and oxygen atoms in total. The van der Waals surface area contributed by atoms with Crippen LogP contribution in [0, 0.1) is 0 Å². The molecule has 4 aromatic heterocycles. The van der Waals surface area contributed by atoms with E-state index in [1.807, 2.05) is 23.5 Å². The molecule has 0 bridgehead atoms. The molecule has 6 heteroatoms. The van der Waals surface area contributed by atoms with E-state index in [-0.39, 0.29) is 5.41 Å². The molecule has 0 fully saturated rings. The van der Waals surface area contributed by atoms with Crippen molar-refractivity contribution in [3.8, 4) is 67.0 Å². The number of furan rings is 1. The molecule has 0 unspecified atom stereocenters. The van der Waals surface area contributed by atoms with Crippen molar-refractivity contribution >= 4 is 153 Å². The van der Waals surface area contributed by atoms with E-state index in [1.54, 1.807) is 0 Å². The molecule has 23 aromatic rings. The van der Waals surface area contributed by atoms with Gasteiger partial charge in [-0.1, -0.05) is 287 Å². The lowest BCUT2D eigenvalue weighted by Crippen LogP contribution is -2.16. The summed E-state index contributed by atoms with van der Waals surface area (Å²) in [5, 5.41) is 15.0. The maximum atomic E-state index is 6.32. The van der Waals surface area contributed by atoms with Crippen LogP contribution in [0.5, 0.6) is 0 Å². The molecular formula is C113H76N4OS. The Morgan fingerprint density at radius 2 is 0.672 bits per heavy atom. The van der Waals surface area contributed by atoms with Crippen LogP contribution in [0.2, 0.25) is 0 Å². The van der Waals surface area contributed by atoms with E-state index in [9.17, 15) is 0 Å². The lowest BCUT2D eigenvalue weighted by Gasteiger charge is -2.28. The number of benzene rings is 19. The summed E-state index contributed by atoms with van der Waals surface area (Å²) in [5.74, 6) is 0. The minimum absolute atomic E-state index is 0.108. The highest BCUT2D eigenvalue weighted by atomic mass is 32.1. The third-order valence-electron chi connectivity index (χ3n) is 24.8. The van der Waals surface area contributed by atoms with Crippen molar-refractivity contribution < 1.29 is 4.42 Å². The average Bonchev–Trinajstić information content (AvgIpc) is 1.61. The number of nitrogens with zero attached hydrogens (tertiary/aromatic N) is 4. The van der Waals surface area contributed by atoms with E-state index in [0.29, 0.717) is 0 Å². The predicted molar refractivity (Wildman–Crippen MR) is 505 cm³/mol. The normalized spacial score (nSPS) is 12.4. The third kappa shape index (κ3) is 11.8. The molecule has 0 atom stereocenters. The van der Waals surface area contributed by atoms with Crippen LogP contribution in [0.1, 0.15) is 25.0 Å². The van der Waals surface area contributed by atoms with Gasteiger partial charge in [0.2, 0.25) is 0 Å². The van der Waals surface area contributed by atoms with Gasteiger partial charge in [-0.25, -0.2) is 0 Å². The molecule has 19 aromatic carbocycles.